The molecule has 2 nitrogen and oxygen atoms in total. The summed E-state index contributed by atoms with van der Waals surface area (Å²) in [7, 11) is 0. The highest BCUT2D eigenvalue weighted by molar-refractivity contribution is 7.99. The van der Waals surface area contributed by atoms with Crippen LogP contribution in [0.2, 0.25) is 10.0 Å². The number of hydrogen-bond acceptors (Lipinski definition) is 4. The summed E-state index contributed by atoms with van der Waals surface area (Å²) < 4.78 is 13.1. The van der Waals surface area contributed by atoms with E-state index in [1.54, 1.807) is 23.5 Å². The fraction of sp³-hybridized carbons (Fsp3) is 0.308. The summed E-state index contributed by atoms with van der Waals surface area (Å²) in [5.74, 6) is 0.833. The van der Waals surface area contributed by atoms with E-state index in [9.17, 15) is 4.39 Å². The van der Waals surface area contributed by atoms with Gasteiger partial charge >= 0.3 is 0 Å². The van der Waals surface area contributed by atoms with Crippen molar-refractivity contribution in [2.45, 2.75) is 27.1 Å². The van der Waals surface area contributed by atoms with Crippen LogP contribution in [0.4, 0.5) is 4.39 Å². The lowest BCUT2D eigenvalue weighted by Crippen LogP contribution is -2.48. The standard InChI is InChI=1S/C26H25Cl2FN2S2/c27-19-3-8-25-23(16-19)24(15-18-1-2-20(28)17-26(18)33-25)31-11-9-30(10-12-31)13-14-32-22-6-4-21(29)5-7-22/h1-8,16-17,24H,9-15H2/t24-/m0/s1. The number of fused-ring (bicyclic) bond motifs is 2. The number of nitrogens with zero attached hydrogens (tertiary/aromatic N) is 2. The molecule has 7 heteroatoms. The van der Waals surface area contributed by atoms with Crippen molar-refractivity contribution in [2.24, 2.45) is 0 Å². The first kappa shape index (κ1) is 23.5. The average molecular weight is 520 g/mol. The lowest BCUT2D eigenvalue weighted by molar-refractivity contribution is 0.0984. The van der Waals surface area contributed by atoms with Crippen LogP contribution in [0.15, 0.2) is 75.4 Å². The highest BCUT2D eigenvalue weighted by Crippen LogP contribution is 2.44. The van der Waals surface area contributed by atoms with Crippen LogP contribution in [0.25, 0.3) is 0 Å². The topological polar surface area (TPSA) is 6.48 Å². The Hall–Kier alpha value is -1.21. The summed E-state index contributed by atoms with van der Waals surface area (Å²) in [5, 5.41) is 1.57. The predicted octanol–water partition coefficient (Wildman–Crippen LogP) is 7.29. The van der Waals surface area contributed by atoms with Gasteiger partial charge in [-0.05, 0) is 72.1 Å². The minimum atomic E-state index is -0.180. The molecule has 5 rings (SSSR count). The van der Waals surface area contributed by atoms with Gasteiger partial charge in [-0.2, -0.15) is 0 Å². The van der Waals surface area contributed by atoms with Crippen LogP contribution in [0.3, 0.4) is 0 Å². The fourth-order valence-electron chi connectivity index (χ4n) is 4.55. The van der Waals surface area contributed by atoms with Gasteiger partial charge in [-0.3, -0.25) is 9.80 Å². The summed E-state index contributed by atoms with van der Waals surface area (Å²) in [5.41, 5.74) is 2.67. The zero-order valence-corrected chi connectivity index (χ0v) is 21.3. The molecule has 1 atom stereocenters. The number of rotatable bonds is 5. The van der Waals surface area contributed by atoms with Gasteiger partial charge in [0, 0.05) is 69.3 Å². The van der Waals surface area contributed by atoms with Crippen molar-refractivity contribution in [3.8, 4) is 0 Å². The molecule has 33 heavy (non-hydrogen) atoms. The predicted molar refractivity (Wildman–Crippen MR) is 139 cm³/mol. The molecule has 1 fully saturated rings. The van der Waals surface area contributed by atoms with Gasteiger partial charge in [-0.25, -0.2) is 4.39 Å². The van der Waals surface area contributed by atoms with Crippen LogP contribution in [0, 0.1) is 5.82 Å². The largest absolute Gasteiger partial charge is 0.300 e. The van der Waals surface area contributed by atoms with Crippen molar-refractivity contribution in [2.75, 3.05) is 38.5 Å². The van der Waals surface area contributed by atoms with E-state index >= 15 is 0 Å². The molecular formula is C26H25Cl2FN2S2. The molecule has 0 radical (unpaired) electrons. The summed E-state index contributed by atoms with van der Waals surface area (Å²) in [4.78, 5) is 8.78. The first-order valence-corrected chi connectivity index (χ1v) is 13.7. The van der Waals surface area contributed by atoms with Gasteiger partial charge < -0.3 is 0 Å². The first-order valence-electron chi connectivity index (χ1n) is 11.2. The first-order chi connectivity index (χ1) is 16.0. The Bertz CT molecular complexity index is 1120. The molecule has 0 aliphatic carbocycles. The zero-order valence-electron chi connectivity index (χ0n) is 18.1. The fourth-order valence-corrected chi connectivity index (χ4v) is 7.03. The Morgan fingerprint density at radius 1 is 0.879 bits per heavy atom. The van der Waals surface area contributed by atoms with Crippen LogP contribution in [-0.2, 0) is 6.42 Å². The molecule has 0 spiro atoms. The molecule has 0 saturated carbocycles. The Morgan fingerprint density at radius 2 is 1.61 bits per heavy atom. The van der Waals surface area contributed by atoms with Gasteiger partial charge in [-0.15, -0.1) is 11.8 Å². The van der Waals surface area contributed by atoms with Crippen LogP contribution in [0.5, 0.6) is 0 Å². The molecule has 1 saturated heterocycles. The molecule has 2 aliphatic heterocycles. The highest BCUT2D eigenvalue weighted by atomic mass is 35.5. The molecule has 0 N–H and O–H groups in total. The average Bonchev–Trinajstić information content (AvgIpc) is 2.97. The van der Waals surface area contributed by atoms with Crippen molar-refractivity contribution in [3.63, 3.8) is 0 Å². The van der Waals surface area contributed by atoms with Gasteiger partial charge in [0.1, 0.15) is 5.82 Å². The Balaban J connectivity index is 1.25. The Kier molecular flexibility index (Phi) is 7.55. The highest BCUT2D eigenvalue weighted by Gasteiger charge is 2.30. The van der Waals surface area contributed by atoms with E-state index in [4.69, 9.17) is 23.2 Å². The minimum Gasteiger partial charge on any atom is -0.300 e. The van der Waals surface area contributed by atoms with Crippen LogP contribution >= 0.6 is 46.7 Å². The third-order valence-electron chi connectivity index (χ3n) is 6.33. The quantitative estimate of drug-likeness (QED) is 0.327. The number of hydrogen-bond donors (Lipinski definition) is 0. The van der Waals surface area contributed by atoms with E-state index in [-0.39, 0.29) is 5.82 Å². The molecular weight excluding hydrogens is 494 g/mol. The normalized spacial score (nSPS) is 19.1. The number of halogens is 3. The van der Waals surface area contributed by atoms with E-state index in [0.717, 1.165) is 59.8 Å². The maximum absolute atomic E-state index is 13.1. The molecule has 0 aromatic heterocycles. The zero-order chi connectivity index (χ0) is 22.8. The van der Waals surface area contributed by atoms with Crippen LogP contribution < -0.4 is 0 Å². The second-order valence-corrected chi connectivity index (χ2v) is 11.6. The van der Waals surface area contributed by atoms with Crippen molar-refractivity contribution in [3.05, 3.63) is 87.7 Å². The summed E-state index contributed by atoms with van der Waals surface area (Å²) in [6.45, 7) is 5.21. The van der Waals surface area contributed by atoms with Gasteiger partial charge in [0.05, 0.1) is 0 Å². The van der Waals surface area contributed by atoms with E-state index in [1.165, 1.54) is 33.1 Å². The maximum Gasteiger partial charge on any atom is 0.123 e. The lowest BCUT2D eigenvalue weighted by Gasteiger charge is -2.39. The molecule has 172 valence electrons. The molecule has 3 aromatic rings. The van der Waals surface area contributed by atoms with Crippen molar-refractivity contribution in [1.29, 1.82) is 0 Å². The van der Waals surface area contributed by atoms with Gasteiger partial charge in [-0.1, -0.05) is 41.0 Å². The van der Waals surface area contributed by atoms with E-state index in [0.29, 0.717) is 6.04 Å². The van der Waals surface area contributed by atoms with Gasteiger partial charge in [0.25, 0.3) is 0 Å². The van der Waals surface area contributed by atoms with Crippen molar-refractivity contribution < 1.29 is 4.39 Å². The molecule has 0 amide bonds. The third kappa shape index (κ3) is 5.72. The van der Waals surface area contributed by atoms with Gasteiger partial charge in [0.15, 0.2) is 0 Å². The second kappa shape index (κ2) is 10.6. The Labute approximate surface area is 213 Å². The molecule has 3 aromatic carbocycles. The second-order valence-electron chi connectivity index (χ2n) is 8.44. The van der Waals surface area contributed by atoms with Crippen LogP contribution in [0.1, 0.15) is 17.2 Å². The molecule has 2 heterocycles. The smallest absolute Gasteiger partial charge is 0.123 e. The summed E-state index contributed by atoms with van der Waals surface area (Å²) >= 11 is 16.3. The van der Waals surface area contributed by atoms with Crippen molar-refractivity contribution >= 4 is 46.7 Å². The van der Waals surface area contributed by atoms with E-state index < -0.39 is 0 Å². The van der Waals surface area contributed by atoms with E-state index in [2.05, 4.69) is 34.1 Å². The van der Waals surface area contributed by atoms with E-state index in [1.807, 2.05) is 24.3 Å². The summed E-state index contributed by atoms with van der Waals surface area (Å²) in [6, 6.07) is 19.6. The van der Waals surface area contributed by atoms with Crippen LogP contribution in [-0.4, -0.2) is 48.3 Å². The minimum absolute atomic E-state index is 0.180. The molecule has 0 unspecified atom stereocenters. The SMILES string of the molecule is Fc1ccc(SCCN2CCN([C@H]3Cc4ccc(Cl)cc4Sc4ccc(Cl)cc43)CC2)cc1. The van der Waals surface area contributed by atoms with Crippen molar-refractivity contribution in [1.82, 2.24) is 9.80 Å². The number of thioether (sulfide) groups is 1. The summed E-state index contributed by atoms with van der Waals surface area (Å²) in [6.07, 6.45) is 0.966. The third-order valence-corrected chi connectivity index (χ3v) is 8.98. The number of benzene rings is 3. The Morgan fingerprint density at radius 3 is 2.39 bits per heavy atom. The monoisotopic (exact) mass is 518 g/mol. The lowest BCUT2D eigenvalue weighted by atomic mass is 9.96. The molecule has 0 bridgehead atoms. The number of piperazine rings is 1. The maximum atomic E-state index is 13.1. The van der Waals surface area contributed by atoms with Gasteiger partial charge in [0.2, 0.25) is 0 Å². The molecule has 2 aliphatic rings.